The molecule has 0 aliphatic carbocycles. The van der Waals surface area contributed by atoms with Gasteiger partial charge in [-0.25, -0.2) is 9.69 Å². The van der Waals surface area contributed by atoms with Crippen LogP contribution in [0.1, 0.15) is 55.4 Å². The van der Waals surface area contributed by atoms with E-state index in [1.807, 2.05) is 39.8 Å². The molecule has 2 amide bonds. The molecule has 2 heterocycles. The summed E-state index contributed by atoms with van der Waals surface area (Å²) >= 11 is 0. The Hall–Kier alpha value is -2.06. The Bertz CT molecular complexity index is 799. The van der Waals surface area contributed by atoms with Gasteiger partial charge < -0.3 is 19.4 Å². The quantitative estimate of drug-likeness (QED) is 0.746. The largest absolute Gasteiger partial charge is 0.494 e. The number of hydrogen-bond donors (Lipinski definition) is 1. The molecule has 0 aromatic heterocycles. The number of ether oxygens (including phenoxy) is 1. The SMILES string of the molecule is CC1Nc2cc(B3OC(C)(C)C(C)(C)O3)ccc2N(C(=O)OC(C)(C)C)C1=O. The van der Waals surface area contributed by atoms with Crippen LogP contribution < -0.4 is 15.7 Å². The molecule has 2 aliphatic rings. The van der Waals surface area contributed by atoms with Crippen LogP contribution in [0.15, 0.2) is 18.2 Å². The van der Waals surface area contributed by atoms with Gasteiger partial charge in [-0.3, -0.25) is 4.79 Å². The van der Waals surface area contributed by atoms with E-state index < -0.39 is 36.1 Å². The maximum Gasteiger partial charge on any atom is 0.494 e. The van der Waals surface area contributed by atoms with Gasteiger partial charge in [0, 0.05) is 0 Å². The predicted octanol–water partition coefficient (Wildman–Crippen LogP) is 3.07. The lowest BCUT2D eigenvalue weighted by Gasteiger charge is -2.34. The molecule has 1 N–H and O–H groups in total. The van der Waals surface area contributed by atoms with Crippen molar-refractivity contribution in [3.8, 4) is 0 Å². The zero-order chi connectivity index (χ0) is 21.1. The van der Waals surface area contributed by atoms with Crippen LogP contribution in [0.2, 0.25) is 0 Å². The number of anilines is 2. The van der Waals surface area contributed by atoms with Crippen LogP contribution in [0.5, 0.6) is 0 Å². The highest BCUT2D eigenvalue weighted by molar-refractivity contribution is 6.62. The molecular formula is C20H29BN2O5. The van der Waals surface area contributed by atoms with Gasteiger partial charge in [0.25, 0.3) is 5.91 Å². The molecule has 0 bridgehead atoms. The molecule has 0 spiro atoms. The third-order valence-corrected chi connectivity index (χ3v) is 5.33. The molecule has 1 atom stereocenters. The Kier molecular flexibility index (Phi) is 4.79. The van der Waals surface area contributed by atoms with Crippen molar-refractivity contribution in [2.45, 2.75) is 78.2 Å². The highest BCUT2D eigenvalue weighted by atomic mass is 16.7. The molecule has 7 nitrogen and oxygen atoms in total. The van der Waals surface area contributed by atoms with Gasteiger partial charge in [-0.2, -0.15) is 0 Å². The first-order chi connectivity index (χ1) is 12.7. The van der Waals surface area contributed by atoms with Crippen molar-refractivity contribution in [2.24, 2.45) is 0 Å². The lowest BCUT2D eigenvalue weighted by Crippen LogP contribution is -2.50. The van der Waals surface area contributed by atoms with E-state index in [1.165, 1.54) is 0 Å². The molecule has 1 aromatic rings. The number of nitrogens with zero attached hydrogens (tertiary/aromatic N) is 1. The normalized spacial score (nSPS) is 23.3. The second-order valence-corrected chi connectivity index (χ2v) is 9.38. The summed E-state index contributed by atoms with van der Waals surface area (Å²) in [5.41, 5.74) is 0.326. The first kappa shape index (κ1) is 20.7. The molecule has 8 heteroatoms. The van der Waals surface area contributed by atoms with Crippen molar-refractivity contribution in [1.82, 2.24) is 0 Å². The van der Waals surface area contributed by atoms with Crippen molar-refractivity contribution in [3.63, 3.8) is 0 Å². The van der Waals surface area contributed by atoms with Gasteiger partial charge in [0.2, 0.25) is 0 Å². The second kappa shape index (κ2) is 6.49. The molecule has 152 valence electrons. The van der Waals surface area contributed by atoms with Crippen LogP contribution >= 0.6 is 0 Å². The van der Waals surface area contributed by atoms with Gasteiger partial charge in [-0.05, 0) is 73.0 Å². The summed E-state index contributed by atoms with van der Waals surface area (Å²) in [6, 6.07) is 4.82. The number of imide groups is 1. The van der Waals surface area contributed by atoms with Crippen molar-refractivity contribution in [3.05, 3.63) is 18.2 Å². The van der Waals surface area contributed by atoms with E-state index in [4.69, 9.17) is 14.0 Å². The van der Waals surface area contributed by atoms with Crippen molar-refractivity contribution in [2.75, 3.05) is 10.2 Å². The lowest BCUT2D eigenvalue weighted by atomic mass is 9.78. The molecular weight excluding hydrogens is 359 g/mol. The lowest BCUT2D eigenvalue weighted by molar-refractivity contribution is -0.119. The molecule has 0 saturated carbocycles. The minimum atomic E-state index is -0.700. The standard InChI is InChI=1S/C20H29BN2O5/c1-12-16(24)23(17(25)26-18(2,3)4)15-10-9-13(11-14(15)22-12)21-27-19(5,6)20(7,8)28-21/h9-12,22H,1-8H3. The van der Waals surface area contributed by atoms with Crippen molar-refractivity contribution in [1.29, 1.82) is 0 Å². The summed E-state index contributed by atoms with van der Waals surface area (Å²) in [4.78, 5) is 26.4. The van der Waals surface area contributed by atoms with Gasteiger partial charge in [0.1, 0.15) is 11.6 Å². The van der Waals surface area contributed by atoms with Crippen LogP contribution in [-0.2, 0) is 18.8 Å². The minimum Gasteiger partial charge on any atom is -0.443 e. The number of amides is 2. The summed E-state index contributed by atoms with van der Waals surface area (Å²) in [7, 11) is -0.528. The molecule has 1 aromatic carbocycles. The summed E-state index contributed by atoms with van der Waals surface area (Å²) in [6.07, 6.45) is -0.685. The predicted molar refractivity (Wildman–Crippen MR) is 109 cm³/mol. The number of benzene rings is 1. The molecule has 3 rings (SSSR count). The Morgan fingerprint density at radius 3 is 2.29 bits per heavy atom. The summed E-state index contributed by atoms with van der Waals surface area (Å²) in [5, 5.41) is 3.15. The van der Waals surface area contributed by atoms with Crippen molar-refractivity contribution >= 4 is 36.0 Å². The van der Waals surface area contributed by atoms with Crippen LogP contribution in [0.4, 0.5) is 16.2 Å². The third kappa shape index (κ3) is 3.63. The summed E-state index contributed by atoms with van der Waals surface area (Å²) in [5.74, 6) is -0.356. The second-order valence-electron chi connectivity index (χ2n) is 9.38. The maximum absolute atomic E-state index is 12.6. The van der Waals surface area contributed by atoms with E-state index in [0.29, 0.717) is 11.4 Å². The average molecular weight is 388 g/mol. The highest BCUT2D eigenvalue weighted by Gasteiger charge is 2.52. The third-order valence-electron chi connectivity index (χ3n) is 5.33. The number of rotatable bonds is 1. The highest BCUT2D eigenvalue weighted by Crippen LogP contribution is 2.38. The van der Waals surface area contributed by atoms with Gasteiger partial charge in [0.15, 0.2) is 0 Å². The van der Waals surface area contributed by atoms with E-state index in [9.17, 15) is 9.59 Å². The van der Waals surface area contributed by atoms with Gasteiger partial charge in [-0.15, -0.1) is 0 Å². The zero-order valence-corrected chi connectivity index (χ0v) is 17.9. The van der Waals surface area contributed by atoms with Gasteiger partial charge >= 0.3 is 13.2 Å². The average Bonchev–Trinajstić information content (AvgIpc) is 2.74. The van der Waals surface area contributed by atoms with Gasteiger partial charge in [0.05, 0.1) is 22.6 Å². The molecule has 1 fully saturated rings. The minimum absolute atomic E-state index is 0.356. The fraction of sp³-hybridized carbons (Fsp3) is 0.600. The van der Waals surface area contributed by atoms with Crippen LogP contribution in [0.25, 0.3) is 0 Å². The first-order valence-corrected chi connectivity index (χ1v) is 9.55. The van der Waals surface area contributed by atoms with Crippen molar-refractivity contribution < 1.29 is 23.6 Å². The monoisotopic (exact) mass is 388 g/mol. The molecule has 1 saturated heterocycles. The van der Waals surface area contributed by atoms with Crippen LogP contribution in [0.3, 0.4) is 0 Å². The number of fused-ring (bicyclic) bond motifs is 1. The Morgan fingerprint density at radius 2 is 1.75 bits per heavy atom. The fourth-order valence-corrected chi connectivity index (χ4v) is 3.09. The molecule has 2 aliphatic heterocycles. The Morgan fingerprint density at radius 1 is 1.18 bits per heavy atom. The molecule has 1 unspecified atom stereocenters. The number of carbonyl (C=O) groups is 2. The summed E-state index contributed by atoms with van der Waals surface area (Å²) in [6.45, 7) is 15.0. The smallest absolute Gasteiger partial charge is 0.443 e. The van der Waals surface area contributed by atoms with Crippen LogP contribution in [0, 0.1) is 0 Å². The van der Waals surface area contributed by atoms with Crippen LogP contribution in [-0.4, -0.2) is 42.0 Å². The van der Waals surface area contributed by atoms with E-state index in [2.05, 4.69) is 5.32 Å². The number of carbonyl (C=O) groups excluding carboxylic acids is 2. The molecule has 28 heavy (non-hydrogen) atoms. The Balaban J connectivity index is 1.94. The summed E-state index contributed by atoms with van der Waals surface area (Å²) < 4.78 is 17.6. The van der Waals surface area contributed by atoms with Gasteiger partial charge in [-0.1, -0.05) is 6.07 Å². The van der Waals surface area contributed by atoms with E-state index in [-0.39, 0.29) is 5.91 Å². The molecule has 0 radical (unpaired) electrons. The topological polar surface area (TPSA) is 77.1 Å². The number of hydrogen-bond acceptors (Lipinski definition) is 6. The Labute approximate surface area is 166 Å². The van der Waals surface area contributed by atoms with E-state index >= 15 is 0 Å². The van der Waals surface area contributed by atoms with E-state index in [0.717, 1.165) is 10.4 Å². The maximum atomic E-state index is 12.6. The fourth-order valence-electron chi connectivity index (χ4n) is 3.09. The first-order valence-electron chi connectivity index (χ1n) is 9.55. The van der Waals surface area contributed by atoms with E-state index in [1.54, 1.807) is 33.8 Å². The zero-order valence-electron chi connectivity index (χ0n) is 17.9. The number of nitrogens with one attached hydrogen (secondary N) is 1.